The molecular formula is C30H32N4O3. The number of furan rings is 1. The molecule has 3 aromatic heterocycles. The Balaban J connectivity index is 1.33. The third-order valence-corrected chi connectivity index (χ3v) is 7.71. The van der Waals surface area contributed by atoms with Crippen molar-refractivity contribution in [2.75, 3.05) is 26.2 Å². The zero-order valence-electron chi connectivity index (χ0n) is 21.7. The Morgan fingerprint density at radius 2 is 1.89 bits per heavy atom. The van der Waals surface area contributed by atoms with Crippen LogP contribution < -0.4 is 0 Å². The van der Waals surface area contributed by atoms with E-state index in [4.69, 9.17) is 13.9 Å². The molecule has 190 valence electrons. The predicted octanol–water partition coefficient (Wildman–Crippen LogP) is 5.51. The normalized spacial score (nSPS) is 19.5. The molecule has 0 saturated carbocycles. The average molecular weight is 497 g/mol. The molecule has 1 aliphatic heterocycles. The fourth-order valence-corrected chi connectivity index (χ4v) is 5.74. The molecule has 1 unspecified atom stereocenters. The molecule has 0 spiro atoms. The van der Waals surface area contributed by atoms with Gasteiger partial charge >= 0.3 is 0 Å². The molecule has 7 heteroatoms. The number of allylic oxidation sites excluding steroid dienone is 1. The fraction of sp³-hybridized carbons (Fsp3) is 0.367. The third kappa shape index (κ3) is 4.48. The summed E-state index contributed by atoms with van der Waals surface area (Å²) in [5, 5.41) is 5.03. The number of hydrogen-bond donors (Lipinski definition) is 0. The lowest BCUT2D eigenvalue weighted by atomic mass is 9.80. The van der Waals surface area contributed by atoms with Crippen molar-refractivity contribution in [1.29, 1.82) is 0 Å². The van der Waals surface area contributed by atoms with Crippen LogP contribution in [-0.4, -0.2) is 52.0 Å². The highest BCUT2D eigenvalue weighted by atomic mass is 16.5. The molecule has 6 rings (SSSR count). The van der Waals surface area contributed by atoms with Gasteiger partial charge in [0.2, 0.25) is 0 Å². The maximum Gasteiger partial charge on any atom is 0.254 e. The van der Waals surface area contributed by atoms with Crippen molar-refractivity contribution in [2.45, 2.75) is 40.2 Å². The Bertz CT molecular complexity index is 1460. The second-order valence-electron chi connectivity index (χ2n) is 10.4. The van der Waals surface area contributed by atoms with E-state index >= 15 is 0 Å². The minimum atomic E-state index is 0.110. The van der Waals surface area contributed by atoms with Crippen LogP contribution >= 0.6 is 0 Å². The zero-order valence-corrected chi connectivity index (χ0v) is 21.7. The van der Waals surface area contributed by atoms with Crippen molar-refractivity contribution < 1.29 is 13.7 Å². The molecule has 0 bridgehead atoms. The Morgan fingerprint density at radius 1 is 1.08 bits per heavy atom. The zero-order chi connectivity index (χ0) is 25.5. The number of pyridine rings is 1. The second kappa shape index (κ2) is 9.63. The summed E-state index contributed by atoms with van der Waals surface area (Å²) in [5.41, 5.74) is 6.91. The molecule has 1 saturated heterocycles. The Morgan fingerprint density at radius 3 is 2.62 bits per heavy atom. The number of hydrogen-bond acceptors (Lipinski definition) is 6. The quantitative estimate of drug-likeness (QED) is 0.371. The average Bonchev–Trinajstić information content (AvgIpc) is 3.53. The Labute approximate surface area is 216 Å². The molecule has 4 heterocycles. The highest BCUT2D eigenvalue weighted by Gasteiger charge is 2.31. The van der Waals surface area contributed by atoms with Gasteiger partial charge < -0.3 is 13.8 Å². The van der Waals surface area contributed by atoms with Crippen LogP contribution in [0, 0.1) is 19.8 Å². The fourth-order valence-electron chi connectivity index (χ4n) is 5.74. The van der Waals surface area contributed by atoms with Gasteiger partial charge in [-0.1, -0.05) is 30.3 Å². The second-order valence-corrected chi connectivity index (χ2v) is 10.4. The van der Waals surface area contributed by atoms with Crippen molar-refractivity contribution in [3.05, 3.63) is 82.3 Å². The van der Waals surface area contributed by atoms with E-state index in [0.717, 1.165) is 88.6 Å². The van der Waals surface area contributed by atoms with Crippen LogP contribution in [0.4, 0.5) is 0 Å². The van der Waals surface area contributed by atoms with E-state index in [1.807, 2.05) is 55.1 Å². The van der Waals surface area contributed by atoms with Crippen LogP contribution in [0.3, 0.4) is 0 Å². The van der Waals surface area contributed by atoms with E-state index < -0.39 is 0 Å². The molecule has 7 nitrogen and oxygen atoms in total. The molecule has 0 radical (unpaired) electrons. The number of amides is 1. The van der Waals surface area contributed by atoms with Crippen LogP contribution in [0.5, 0.6) is 0 Å². The molecule has 2 aliphatic rings. The number of benzene rings is 1. The van der Waals surface area contributed by atoms with E-state index in [1.54, 1.807) is 6.26 Å². The molecule has 0 N–H and O–H groups in total. The van der Waals surface area contributed by atoms with E-state index in [1.165, 1.54) is 0 Å². The third-order valence-electron chi connectivity index (χ3n) is 7.71. The molecule has 37 heavy (non-hydrogen) atoms. The Hall–Kier alpha value is -3.71. The predicted molar refractivity (Wildman–Crippen MR) is 143 cm³/mol. The standard InChI is InChI=1S/C30H32N4O3/c1-19-15-22(17-23-7-6-14-36-23)29-25(16-19)28(24-8-4-5-9-27(24)31-29)30(35)34-12-10-33(11-13-34)18-26-20(2)32-37-21(26)3/h4-9,14,17,19H,10-13,15-16,18H2,1-3H3. The van der Waals surface area contributed by atoms with Crippen LogP contribution in [-0.2, 0) is 13.0 Å². The lowest BCUT2D eigenvalue weighted by molar-refractivity contribution is 0.0628. The van der Waals surface area contributed by atoms with Crippen LogP contribution in [0.2, 0.25) is 0 Å². The van der Waals surface area contributed by atoms with Crippen molar-refractivity contribution in [1.82, 2.24) is 19.9 Å². The van der Waals surface area contributed by atoms with Crippen molar-refractivity contribution in [2.24, 2.45) is 5.92 Å². The highest BCUT2D eigenvalue weighted by Crippen LogP contribution is 2.39. The summed E-state index contributed by atoms with van der Waals surface area (Å²) in [6, 6.07) is 11.9. The Kier molecular flexibility index (Phi) is 6.16. The van der Waals surface area contributed by atoms with E-state index in [-0.39, 0.29) is 5.91 Å². The molecular weight excluding hydrogens is 464 g/mol. The maximum absolute atomic E-state index is 14.2. The van der Waals surface area contributed by atoms with Gasteiger partial charge in [-0.05, 0) is 68.0 Å². The summed E-state index contributed by atoms with van der Waals surface area (Å²) in [7, 11) is 0. The van der Waals surface area contributed by atoms with E-state index in [9.17, 15) is 4.79 Å². The van der Waals surface area contributed by atoms with Gasteiger partial charge in [0.05, 0.1) is 28.7 Å². The molecule has 1 atom stereocenters. The topological polar surface area (TPSA) is 75.6 Å². The monoisotopic (exact) mass is 496 g/mol. The summed E-state index contributed by atoms with van der Waals surface area (Å²) in [6.45, 7) is 10.0. The van der Waals surface area contributed by atoms with Crippen LogP contribution in [0.25, 0.3) is 22.6 Å². The number of carbonyl (C=O) groups excluding carboxylic acids is 1. The number of rotatable bonds is 4. The first-order valence-corrected chi connectivity index (χ1v) is 13.1. The van der Waals surface area contributed by atoms with Crippen LogP contribution in [0.15, 0.2) is 51.6 Å². The lowest BCUT2D eigenvalue weighted by Gasteiger charge is -2.36. The van der Waals surface area contributed by atoms with Gasteiger partial charge in [-0.15, -0.1) is 0 Å². The van der Waals surface area contributed by atoms with E-state index in [2.05, 4.69) is 23.1 Å². The summed E-state index contributed by atoms with van der Waals surface area (Å²) >= 11 is 0. The number of aryl methyl sites for hydroxylation is 2. The number of piperazine rings is 1. The minimum Gasteiger partial charge on any atom is -0.465 e. The first kappa shape index (κ1) is 23.7. The van der Waals surface area contributed by atoms with Crippen molar-refractivity contribution in [3.8, 4) is 0 Å². The van der Waals surface area contributed by atoms with Gasteiger partial charge in [-0.25, -0.2) is 4.98 Å². The smallest absolute Gasteiger partial charge is 0.254 e. The molecule has 4 aromatic rings. The first-order chi connectivity index (χ1) is 18.0. The SMILES string of the molecule is Cc1noc(C)c1CN1CCN(C(=O)c2c3c(nc4ccccc24)C(=Cc2ccco2)CC(C)C3)CC1. The summed E-state index contributed by atoms with van der Waals surface area (Å²) in [6.07, 6.45) is 5.52. The number of fused-ring (bicyclic) bond motifs is 2. The number of aromatic nitrogens is 2. The highest BCUT2D eigenvalue weighted by molar-refractivity contribution is 6.09. The maximum atomic E-state index is 14.2. The van der Waals surface area contributed by atoms with Gasteiger partial charge in [0.25, 0.3) is 5.91 Å². The van der Waals surface area contributed by atoms with Crippen molar-refractivity contribution in [3.63, 3.8) is 0 Å². The molecule has 1 amide bonds. The number of carbonyl (C=O) groups is 1. The van der Waals surface area contributed by atoms with Gasteiger partial charge in [0, 0.05) is 43.7 Å². The van der Waals surface area contributed by atoms with Gasteiger partial charge in [0.1, 0.15) is 11.5 Å². The molecule has 1 aliphatic carbocycles. The van der Waals surface area contributed by atoms with Gasteiger partial charge in [-0.3, -0.25) is 9.69 Å². The summed E-state index contributed by atoms with van der Waals surface area (Å²) < 4.78 is 11.0. The molecule has 1 fully saturated rings. The minimum absolute atomic E-state index is 0.110. The first-order valence-electron chi connectivity index (χ1n) is 13.1. The van der Waals surface area contributed by atoms with Crippen molar-refractivity contribution >= 4 is 28.5 Å². The van der Waals surface area contributed by atoms with Crippen LogP contribution in [0.1, 0.15) is 57.7 Å². The number of nitrogens with zero attached hydrogens (tertiary/aromatic N) is 4. The van der Waals surface area contributed by atoms with Gasteiger partial charge in [0.15, 0.2) is 0 Å². The number of para-hydroxylation sites is 1. The summed E-state index contributed by atoms with van der Waals surface area (Å²) in [4.78, 5) is 23.6. The van der Waals surface area contributed by atoms with Gasteiger partial charge in [-0.2, -0.15) is 0 Å². The summed E-state index contributed by atoms with van der Waals surface area (Å²) in [5.74, 6) is 2.21. The lowest BCUT2D eigenvalue weighted by Crippen LogP contribution is -2.48. The molecule has 1 aromatic carbocycles. The largest absolute Gasteiger partial charge is 0.465 e. The van der Waals surface area contributed by atoms with E-state index in [0.29, 0.717) is 19.0 Å².